The molecule has 1 N–H and O–H groups in total. The molecular weight excluding hydrogens is 448 g/mol. The maximum atomic E-state index is 13.7. The second-order valence-corrected chi connectivity index (χ2v) is 8.81. The highest BCUT2D eigenvalue weighted by molar-refractivity contribution is 6.46. The number of hydrogen-bond donors (Lipinski definition) is 1. The largest absolute Gasteiger partial charge is 0.872 e. The van der Waals surface area contributed by atoms with E-state index >= 15 is 0 Å². The van der Waals surface area contributed by atoms with Crippen LogP contribution in [0.1, 0.15) is 36.1 Å². The lowest BCUT2D eigenvalue weighted by molar-refractivity contribution is -0.858. The van der Waals surface area contributed by atoms with Crippen LogP contribution in [0, 0.1) is 6.92 Å². The van der Waals surface area contributed by atoms with Crippen LogP contribution in [0.4, 0.5) is 0 Å². The van der Waals surface area contributed by atoms with E-state index in [4.69, 9.17) is 14.2 Å². The average Bonchev–Trinajstić information content (AvgIpc) is 3.08. The first kappa shape index (κ1) is 26.1. The molecule has 2 aromatic carbocycles. The Labute approximate surface area is 206 Å². The van der Waals surface area contributed by atoms with Gasteiger partial charge in [0.05, 0.1) is 47.5 Å². The summed E-state index contributed by atoms with van der Waals surface area (Å²) in [5.41, 5.74) is 1.67. The predicted molar refractivity (Wildman–Crippen MR) is 131 cm³/mol. The molecule has 0 spiro atoms. The molecule has 188 valence electrons. The number of carbonyl (C=O) groups is 2. The van der Waals surface area contributed by atoms with Crippen molar-refractivity contribution in [3.63, 3.8) is 0 Å². The first-order valence-corrected chi connectivity index (χ1v) is 11.7. The lowest BCUT2D eigenvalue weighted by Gasteiger charge is -2.28. The summed E-state index contributed by atoms with van der Waals surface area (Å²) in [7, 11) is 7.14. The number of rotatable bonds is 10. The summed E-state index contributed by atoms with van der Waals surface area (Å²) in [4.78, 5) is 29.1. The van der Waals surface area contributed by atoms with E-state index in [0.29, 0.717) is 47.9 Å². The first-order valence-electron chi connectivity index (χ1n) is 11.7. The van der Waals surface area contributed by atoms with Crippen LogP contribution >= 0.6 is 0 Å². The summed E-state index contributed by atoms with van der Waals surface area (Å²) < 4.78 is 16.4. The monoisotopic (exact) mass is 482 g/mol. The highest BCUT2D eigenvalue weighted by Crippen LogP contribution is 2.41. The van der Waals surface area contributed by atoms with Crippen molar-refractivity contribution >= 4 is 17.4 Å². The van der Waals surface area contributed by atoms with Crippen molar-refractivity contribution in [2.24, 2.45) is 0 Å². The second kappa shape index (κ2) is 11.3. The highest BCUT2D eigenvalue weighted by Gasteiger charge is 2.44. The average molecular weight is 483 g/mol. The van der Waals surface area contributed by atoms with E-state index < -0.39 is 23.5 Å². The minimum atomic E-state index is -0.813. The molecular formula is C27H34N2O6. The highest BCUT2D eigenvalue weighted by atomic mass is 16.5. The van der Waals surface area contributed by atoms with Crippen LogP contribution in [0.3, 0.4) is 0 Å². The van der Waals surface area contributed by atoms with Crippen molar-refractivity contribution in [1.82, 2.24) is 4.90 Å². The summed E-state index contributed by atoms with van der Waals surface area (Å²) in [5, 5.41) is 13.7. The van der Waals surface area contributed by atoms with Crippen LogP contribution in [0.5, 0.6) is 17.2 Å². The molecule has 0 aromatic heterocycles. The molecule has 0 saturated carbocycles. The van der Waals surface area contributed by atoms with Crippen LogP contribution in [-0.2, 0) is 9.59 Å². The predicted octanol–water partition coefficient (Wildman–Crippen LogP) is 1.17. The molecule has 35 heavy (non-hydrogen) atoms. The van der Waals surface area contributed by atoms with Crippen molar-refractivity contribution in [2.75, 3.05) is 48.0 Å². The van der Waals surface area contributed by atoms with Crippen LogP contribution in [0.25, 0.3) is 5.76 Å². The van der Waals surface area contributed by atoms with E-state index in [1.54, 1.807) is 43.5 Å². The smallest absolute Gasteiger partial charge is 0.295 e. The minimum absolute atomic E-state index is 0.0528. The fraction of sp³-hybridized carbons (Fsp3) is 0.407. The molecule has 1 aliphatic heterocycles. The number of aryl methyl sites for hydroxylation is 1. The number of quaternary nitrogens is 1. The van der Waals surface area contributed by atoms with Crippen molar-refractivity contribution in [2.45, 2.75) is 26.3 Å². The van der Waals surface area contributed by atoms with Crippen LogP contribution in [-0.4, -0.2) is 64.6 Å². The molecule has 1 aliphatic rings. The minimum Gasteiger partial charge on any atom is -0.872 e. The van der Waals surface area contributed by atoms with Crippen LogP contribution in [0.2, 0.25) is 0 Å². The molecule has 1 heterocycles. The third-order valence-electron chi connectivity index (χ3n) is 6.07. The Kier molecular flexibility index (Phi) is 8.40. The Morgan fingerprint density at radius 3 is 2.31 bits per heavy atom. The zero-order valence-electron chi connectivity index (χ0n) is 21.3. The van der Waals surface area contributed by atoms with Gasteiger partial charge in [-0.1, -0.05) is 17.9 Å². The Hall–Kier alpha value is -3.52. The van der Waals surface area contributed by atoms with E-state index in [1.807, 2.05) is 27.9 Å². The van der Waals surface area contributed by atoms with Gasteiger partial charge in [-0.15, -0.1) is 0 Å². The molecule has 0 aliphatic carbocycles. The van der Waals surface area contributed by atoms with Gasteiger partial charge in [0.25, 0.3) is 5.91 Å². The Bertz CT molecular complexity index is 1120. The summed E-state index contributed by atoms with van der Waals surface area (Å²) in [6.45, 7) is 5.33. The van der Waals surface area contributed by atoms with Gasteiger partial charge in [-0.3, -0.25) is 9.59 Å². The van der Waals surface area contributed by atoms with Gasteiger partial charge in [-0.05, 0) is 54.8 Å². The van der Waals surface area contributed by atoms with Gasteiger partial charge in [0.15, 0.2) is 11.5 Å². The van der Waals surface area contributed by atoms with E-state index in [-0.39, 0.29) is 5.57 Å². The van der Waals surface area contributed by atoms with Gasteiger partial charge in [-0.2, -0.15) is 0 Å². The standard InChI is InChI=1S/C27H34N2O6/c1-7-35-21-12-9-18(16-22(21)34-6)24-23(25(30)19-10-11-20(33-5)17(2)15-19)26(31)27(32)29(24)14-8-13-28(3)4/h9-12,15-16,24,30H,7-8,13-14H2,1-6H3. The van der Waals surface area contributed by atoms with E-state index in [9.17, 15) is 14.7 Å². The molecule has 1 amide bonds. The topological polar surface area (TPSA) is 92.6 Å². The number of benzene rings is 2. The third kappa shape index (κ3) is 5.43. The quantitative estimate of drug-likeness (QED) is 0.311. The number of likely N-dealkylation sites (tertiary alicyclic amines) is 1. The van der Waals surface area contributed by atoms with Gasteiger partial charge in [0, 0.05) is 18.5 Å². The fourth-order valence-electron chi connectivity index (χ4n) is 4.35. The number of carbonyl (C=O) groups excluding carboxylic acids is 2. The van der Waals surface area contributed by atoms with Crippen LogP contribution in [0.15, 0.2) is 42.0 Å². The number of hydrogen-bond acceptors (Lipinski definition) is 6. The maximum absolute atomic E-state index is 13.7. The van der Waals surface area contributed by atoms with Gasteiger partial charge in [0.2, 0.25) is 5.78 Å². The van der Waals surface area contributed by atoms with Gasteiger partial charge in [-0.25, -0.2) is 0 Å². The van der Waals surface area contributed by atoms with Crippen LogP contribution < -0.4 is 24.2 Å². The zero-order valence-corrected chi connectivity index (χ0v) is 21.3. The summed E-state index contributed by atoms with van der Waals surface area (Å²) >= 11 is 0. The molecule has 0 bridgehead atoms. The zero-order chi connectivity index (χ0) is 25.7. The van der Waals surface area contributed by atoms with Gasteiger partial charge >= 0.3 is 0 Å². The molecule has 0 radical (unpaired) electrons. The normalized spacial score (nSPS) is 17.2. The third-order valence-corrected chi connectivity index (χ3v) is 6.07. The maximum Gasteiger partial charge on any atom is 0.295 e. The lowest BCUT2D eigenvalue weighted by atomic mass is 9.94. The molecule has 8 nitrogen and oxygen atoms in total. The lowest BCUT2D eigenvalue weighted by Crippen LogP contribution is -3.05. The number of Topliss-reactive ketones (excluding diaryl/α,β-unsaturated/α-hetero) is 1. The molecule has 3 rings (SSSR count). The van der Waals surface area contributed by atoms with Crippen molar-refractivity contribution in [3.05, 3.63) is 58.7 Å². The van der Waals surface area contributed by atoms with Crippen molar-refractivity contribution < 1.29 is 33.8 Å². The number of methoxy groups -OCH3 is 2. The number of nitrogens with one attached hydrogen (secondary N) is 1. The van der Waals surface area contributed by atoms with Crippen molar-refractivity contribution in [3.8, 4) is 17.2 Å². The molecule has 1 saturated heterocycles. The van der Waals surface area contributed by atoms with E-state index in [0.717, 1.165) is 12.1 Å². The second-order valence-electron chi connectivity index (χ2n) is 8.81. The Morgan fingerprint density at radius 2 is 1.71 bits per heavy atom. The van der Waals surface area contributed by atoms with Gasteiger partial charge in [0.1, 0.15) is 5.75 Å². The molecule has 1 atom stereocenters. The molecule has 2 aromatic rings. The number of ketones is 1. The molecule has 1 unspecified atom stereocenters. The van der Waals surface area contributed by atoms with Crippen molar-refractivity contribution in [1.29, 1.82) is 0 Å². The van der Waals surface area contributed by atoms with E-state index in [1.165, 1.54) is 16.9 Å². The number of nitrogens with zero attached hydrogens (tertiary/aromatic N) is 1. The first-order chi connectivity index (χ1) is 16.7. The fourth-order valence-corrected chi connectivity index (χ4v) is 4.35. The summed E-state index contributed by atoms with van der Waals surface area (Å²) in [6.07, 6.45) is 0.690. The Morgan fingerprint density at radius 1 is 1.03 bits per heavy atom. The molecule has 1 fully saturated rings. The Balaban J connectivity index is 2.15. The van der Waals surface area contributed by atoms with E-state index in [2.05, 4.69) is 0 Å². The van der Waals surface area contributed by atoms with Gasteiger partial charge < -0.3 is 29.1 Å². The number of ether oxygens (including phenoxy) is 3. The molecule has 8 heteroatoms. The summed E-state index contributed by atoms with van der Waals surface area (Å²) in [5.74, 6) is -0.228. The SMILES string of the molecule is CCOc1ccc(C2C(=C([O-])c3ccc(OC)c(C)c3)C(=O)C(=O)N2CCC[NH+](C)C)cc1OC. The summed E-state index contributed by atoms with van der Waals surface area (Å²) in [6, 6.07) is 9.43. The number of amides is 1.